The van der Waals surface area contributed by atoms with E-state index in [1.807, 2.05) is 32.6 Å². The Bertz CT molecular complexity index is 1320. The van der Waals surface area contributed by atoms with Gasteiger partial charge in [0.1, 0.15) is 10.6 Å². The van der Waals surface area contributed by atoms with Gasteiger partial charge in [0.25, 0.3) is 5.91 Å². The molecule has 0 aliphatic carbocycles. The Morgan fingerprint density at radius 3 is 2.30 bits per heavy atom. The quantitative estimate of drug-likeness (QED) is 0.270. The van der Waals surface area contributed by atoms with Gasteiger partial charge in [-0.2, -0.15) is 21.6 Å². The summed E-state index contributed by atoms with van der Waals surface area (Å²) in [4.78, 5) is 16.6. The van der Waals surface area contributed by atoms with Crippen LogP contribution in [0.15, 0.2) is 64.9 Å². The Labute approximate surface area is 219 Å². The van der Waals surface area contributed by atoms with Crippen LogP contribution in [0.2, 0.25) is 0 Å². The van der Waals surface area contributed by atoms with Crippen LogP contribution in [-0.2, 0) is 22.8 Å². The molecule has 200 valence electrons. The predicted octanol–water partition coefficient (Wildman–Crippen LogP) is 6.43. The third-order valence-corrected chi connectivity index (χ3v) is 7.87. The molecule has 2 aromatic carbocycles. The summed E-state index contributed by atoms with van der Waals surface area (Å²) < 4.78 is 71.3. The van der Waals surface area contributed by atoms with Gasteiger partial charge in [-0.05, 0) is 63.4 Å². The second-order valence-electron chi connectivity index (χ2n) is 8.53. The van der Waals surface area contributed by atoms with Crippen molar-refractivity contribution in [2.45, 2.75) is 51.4 Å². The van der Waals surface area contributed by atoms with E-state index in [2.05, 4.69) is 0 Å². The number of benzene rings is 2. The lowest BCUT2D eigenvalue weighted by Gasteiger charge is -2.28. The highest BCUT2D eigenvalue weighted by molar-refractivity contribution is 7.87. The van der Waals surface area contributed by atoms with E-state index >= 15 is 0 Å². The summed E-state index contributed by atoms with van der Waals surface area (Å²) in [5.41, 5.74) is -0.00412. The molecule has 6 nitrogen and oxygen atoms in total. The first kappa shape index (κ1) is 28.5. The Morgan fingerprint density at radius 1 is 1.03 bits per heavy atom. The Morgan fingerprint density at radius 2 is 1.73 bits per heavy atom. The Hall–Kier alpha value is -3.05. The first-order valence-electron chi connectivity index (χ1n) is 11.7. The van der Waals surface area contributed by atoms with Crippen LogP contribution in [0.1, 0.15) is 48.5 Å². The molecule has 0 N–H and O–H groups in total. The third kappa shape index (κ3) is 6.84. The Balaban J connectivity index is 2.05. The van der Waals surface area contributed by atoms with Gasteiger partial charge in [-0.25, -0.2) is 0 Å². The summed E-state index contributed by atoms with van der Waals surface area (Å²) in [6.45, 7) is 8.90. The van der Waals surface area contributed by atoms with Crippen LogP contribution in [0.3, 0.4) is 0 Å². The standard InChI is InChI=1S/C26H29F3N2O4S2/c1-5-30(6-2)21-13-12-19(17-31(18(3)4)25(32)24-11-8-14-36-24)23(16-21)35-37(33,34)22-10-7-9-20(15-22)26(27,28)29/h7-16,18H,5-6,17H2,1-4H3. The van der Waals surface area contributed by atoms with E-state index in [-0.39, 0.29) is 24.2 Å². The molecule has 1 amide bonds. The number of hydrogen-bond donors (Lipinski definition) is 0. The van der Waals surface area contributed by atoms with Crippen LogP contribution in [0.25, 0.3) is 0 Å². The van der Waals surface area contributed by atoms with Crippen molar-refractivity contribution in [3.05, 3.63) is 76.0 Å². The summed E-state index contributed by atoms with van der Waals surface area (Å²) in [7, 11) is -4.61. The maximum atomic E-state index is 13.2. The SMILES string of the molecule is CCN(CC)c1ccc(CN(C(=O)c2cccs2)C(C)C)c(OS(=O)(=O)c2cccc(C(F)(F)F)c2)c1. The molecule has 0 atom stereocenters. The number of halogens is 3. The molecule has 0 saturated heterocycles. The van der Waals surface area contributed by atoms with Crippen molar-refractivity contribution in [2.75, 3.05) is 18.0 Å². The van der Waals surface area contributed by atoms with Crippen molar-refractivity contribution in [1.29, 1.82) is 0 Å². The maximum absolute atomic E-state index is 13.2. The molecule has 1 aromatic heterocycles. The monoisotopic (exact) mass is 554 g/mol. The molecule has 1 heterocycles. The van der Waals surface area contributed by atoms with Gasteiger partial charge in [0.05, 0.1) is 10.4 Å². The van der Waals surface area contributed by atoms with Crippen LogP contribution < -0.4 is 9.08 Å². The lowest BCUT2D eigenvalue weighted by Crippen LogP contribution is -2.36. The van der Waals surface area contributed by atoms with E-state index in [4.69, 9.17) is 4.18 Å². The van der Waals surface area contributed by atoms with Crippen LogP contribution in [0.5, 0.6) is 5.75 Å². The average Bonchev–Trinajstić information content (AvgIpc) is 3.38. The molecule has 0 spiro atoms. The number of anilines is 1. The summed E-state index contributed by atoms with van der Waals surface area (Å²) >= 11 is 1.30. The molecule has 0 bridgehead atoms. The van der Waals surface area contributed by atoms with Crippen molar-refractivity contribution in [3.63, 3.8) is 0 Å². The van der Waals surface area contributed by atoms with E-state index in [9.17, 15) is 26.4 Å². The second-order valence-corrected chi connectivity index (χ2v) is 11.0. The van der Waals surface area contributed by atoms with Crippen molar-refractivity contribution >= 4 is 33.0 Å². The van der Waals surface area contributed by atoms with Gasteiger partial charge in [-0.15, -0.1) is 11.3 Å². The molecule has 11 heteroatoms. The highest BCUT2D eigenvalue weighted by atomic mass is 32.2. The molecular formula is C26H29F3N2O4S2. The number of rotatable bonds is 10. The van der Waals surface area contributed by atoms with Gasteiger partial charge in [0.15, 0.2) is 0 Å². The minimum Gasteiger partial charge on any atom is -0.379 e. The van der Waals surface area contributed by atoms with Crippen LogP contribution in [0.4, 0.5) is 18.9 Å². The first-order chi connectivity index (χ1) is 17.4. The van der Waals surface area contributed by atoms with Crippen molar-refractivity contribution in [2.24, 2.45) is 0 Å². The minimum absolute atomic E-state index is 0.0420. The fourth-order valence-electron chi connectivity index (χ4n) is 3.75. The number of carbonyl (C=O) groups excluding carboxylic acids is 1. The highest BCUT2D eigenvalue weighted by Gasteiger charge is 2.32. The zero-order valence-corrected chi connectivity index (χ0v) is 22.6. The number of carbonyl (C=O) groups is 1. The van der Waals surface area contributed by atoms with Crippen molar-refractivity contribution in [1.82, 2.24) is 4.90 Å². The van der Waals surface area contributed by atoms with Gasteiger partial charge in [0, 0.05) is 43.0 Å². The van der Waals surface area contributed by atoms with E-state index in [0.717, 1.165) is 18.2 Å². The normalized spacial score (nSPS) is 12.0. The first-order valence-corrected chi connectivity index (χ1v) is 14.0. The summed E-state index contributed by atoms with van der Waals surface area (Å²) in [5, 5.41) is 1.79. The molecule has 3 aromatic rings. The molecule has 0 fully saturated rings. The smallest absolute Gasteiger partial charge is 0.379 e. The Kier molecular flexibility index (Phi) is 8.91. The molecule has 0 aliphatic heterocycles. The molecule has 37 heavy (non-hydrogen) atoms. The minimum atomic E-state index is -4.71. The molecular weight excluding hydrogens is 525 g/mol. The topological polar surface area (TPSA) is 66.9 Å². The van der Waals surface area contributed by atoms with Crippen molar-refractivity contribution in [3.8, 4) is 5.75 Å². The molecule has 0 radical (unpaired) electrons. The van der Waals surface area contributed by atoms with E-state index in [1.54, 1.807) is 40.6 Å². The van der Waals surface area contributed by atoms with Crippen LogP contribution >= 0.6 is 11.3 Å². The fourth-order valence-corrected chi connectivity index (χ4v) is 5.43. The lowest BCUT2D eigenvalue weighted by molar-refractivity contribution is -0.137. The third-order valence-electron chi connectivity index (χ3n) is 5.79. The number of amides is 1. The molecule has 0 saturated carbocycles. The number of alkyl halides is 3. The maximum Gasteiger partial charge on any atom is 0.416 e. The fraction of sp³-hybridized carbons (Fsp3) is 0.346. The highest BCUT2D eigenvalue weighted by Crippen LogP contribution is 2.33. The molecule has 3 rings (SSSR count). The van der Waals surface area contributed by atoms with Gasteiger partial charge in [-0.1, -0.05) is 18.2 Å². The van der Waals surface area contributed by atoms with Crippen molar-refractivity contribution < 1.29 is 30.6 Å². The zero-order chi connectivity index (χ0) is 27.4. The molecule has 0 unspecified atom stereocenters. The zero-order valence-electron chi connectivity index (χ0n) is 20.9. The number of hydrogen-bond acceptors (Lipinski definition) is 6. The largest absolute Gasteiger partial charge is 0.416 e. The van der Waals surface area contributed by atoms with Gasteiger partial charge in [-0.3, -0.25) is 4.79 Å². The van der Waals surface area contributed by atoms with E-state index in [0.29, 0.717) is 35.3 Å². The van der Waals surface area contributed by atoms with Crippen LogP contribution in [-0.4, -0.2) is 38.4 Å². The summed E-state index contributed by atoms with van der Waals surface area (Å²) in [5.74, 6) is -0.268. The van der Waals surface area contributed by atoms with Gasteiger partial charge < -0.3 is 14.0 Å². The lowest BCUT2D eigenvalue weighted by atomic mass is 10.1. The summed E-state index contributed by atoms with van der Waals surface area (Å²) in [6, 6.07) is 11.7. The van der Waals surface area contributed by atoms with Gasteiger partial charge in [0.2, 0.25) is 0 Å². The summed E-state index contributed by atoms with van der Waals surface area (Å²) in [6.07, 6.45) is -4.71. The second kappa shape index (κ2) is 11.6. The number of nitrogens with zero attached hydrogens (tertiary/aromatic N) is 2. The van der Waals surface area contributed by atoms with Crippen LogP contribution in [0, 0.1) is 0 Å². The molecule has 0 aliphatic rings. The number of thiophene rings is 1. The van der Waals surface area contributed by atoms with E-state index < -0.39 is 26.8 Å². The average molecular weight is 555 g/mol. The van der Waals surface area contributed by atoms with Gasteiger partial charge >= 0.3 is 16.3 Å². The van der Waals surface area contributed by atoms with E-state index in [1.165, 1.54) is 11.3 Å². The predicted molar refractivity (Wildman–Crippen MR) is 139 cm³/mol.